The first-order valence-electron chi connectivity index (χ1n) is 26.8. The monoisotopic (exact) mass is 1040 g/mol. The van der Waals surface area contributed by atoms with Crippen LogP contribution in [0.1, 0.15) is 242 Å². The van der Waals surface area contributed by atoms with Crippen LogP contribution in [0.25, 0.3) is 0 Å². The molecule has 18 nitrogen and oxygen atoms in total. The molecule has 0 aliphatic rings. The number of phosphoric ester groups is 1. The number of aliphatic carboxylic acids is 2. The Morgan fingerprint density at radius 1 is 0.479 bits per heavy atom. The normalized spacial score (nSPS) is 14.3. The van der Waals surface area contributed by atoms with E-state index in [1.807, 2.05) is 0 Å². The van der Waals surface area contributed by atoms with Crippen molar-refractivity contribution in [3.05, 3.63) is 0 Å². The minimum absolute atomic E-state index is 0.00756. The topological polar surface area (TPSA) is 260 Å². The number of hydrogen-bond donors (Lipinski definition) is 5. The molecule has 3 unspecified atom stereocenters. The highest BCUT2D eigenvalue weighted by molar-refractivity contribution is 7.47. The number of phosphoric acid groups is 1. The molecule has 71 heavy (non-hydrogen) atoms. The Labute approximate surface area is 426 Å². The third-order valence-electron chi connectivity index (χ3n) is 11.4. The molecule has 5 N–H and O–H groups in total. The molecule has 19 heteroatoms. The van der Waals surface area contributed by atoms with Crippen LogP contribution in [0.2, 0.25) is 0 Å². The van der Waals surface area contributed by atoms with E-state index in [0.29, 0.717) is 0 Å². The molecular weight excluding hydrogens is 940 g/mol. The highest BCUT2D eigenvalue weighted by Crippen LogP contribution is 2.44. The van der Waals surface area contributed by atoms with Gasteiger partial charge in [0, 0.05) is 24.9 Å². The first-order valence-corrected chi connectivity index (χ1v) is 28.2. The number of carboxylic acids is 2. The average molecular weight is 1040 g/mol. The van der Waals surface area contributed by atoms with E-state index in [9.17, 15) is 38.2 Å². The van der Waals surface area contributed by atoms with E-state index >= 15 is 0 Å². The first-order chi connectivity index (χ1) is 33.4. The molecule has 416 valence electrons. The summed E-state index contributed by atoms with van der Waals surface area (Å²) in [6.07, 6.45) is 23.3. The maximum atomic E-state index is 13.3. The van der Waals surface area contributed by atoms with E-state index in [1.54, 1.807) is 55.4 Å². The SMILES string of the molecule is C[C@@H](CC(=O)OCC(COP(=O)(O)OCC(CCCCCCCCCCCCCCC(=O)O)CCCCCCCCCCCCCC(=O)O)OC(=O)C[C@H](C)NC(=O)OC(C)(C)C)NC(=O)OC(C)(C)C. The zero-order valence-corrected chi connectivity index (χ0v) is 45.9. The first kappa shape index (κ1) is 67.5. The number of rotatable bonds is 44. The minimum atomic E-state index is -4.68. The Balaban J connectivity index is 5.37. The third-order valence-corrected chi connectivity index (χ3v) is 12.3. The number of esters is 2. The molecule has 2 amide bonds. The highest BCUT2D eigenvalue weighted by atomic mass is 31.2. The predicted octanol–water partition coefficient (Wildman–Crippen LogP) is 12.5. The van der Waals surface area contributed by atoms with Crippen LogP contribution in [0, 0.1) is 5.92 Å². The molecule has 0 aromatic rings. The van der Waals surface area contributed by atoms with Crippen molar-refractivity contribution in [1.82, 2.24) is 10.6 Å². The van der Waals surface area contributed by atoms with Crippen molar-refractivity contribution in [2.75, 3.05) is 19.8 Å². The fourth-order valence-corrected chi connectivity index (χ4v) is 8.55. The summed E-state index contributed by atoms with van der Waals surface area (Å²) in [4.78, 5) is 82.5. The van der Waals surface area contributed by atoms with Gasteiger partial charge in [-0.1, -0.05) is 135 Å². The van der Waals surface area contributed by atoms with Crippen LogP contribution >= 0.6 is 7.82 Å². The van der Waals surface area contributed by atoms with Crippen LogP contribution in [0.3, 0.4) is 0 Å². The van der Waals surface area contributed by atoms with Gasteiger partial charge < -0.3 is 44.7 Å². The minimum Gasteiger partial charge on any atom is -0.481 e. The number of alkyl carbamates (subject to hydrolysis) is 2. The number of carbonyl (C=O) groups excluding carboxylic acids is 4. The van der Waals surface area contributed by atoms with Crippen molar-refractivity contribution in [1.29, 1.82) is 0 Å². The molecule has 0 saturated carbocycles. The van der Waals surface area contributed by atoms with E-state index < -0.39 is 86.5 Å². The van der Waals surface area contributed by atoms with Gasteiger partial charge in [-0.3, -0.25) is 28.2 Å². The molecule has 0 spiro atoms. The number of unbranched alkanes of at least 4 members (excludes halogenated alkanes) is 21. The van der Waals surface area contributed by atoms with Gasteiger partial charge in [0.15, 0.2) is 6.10 Å². The van der Waals surface area contributed by atoms with E-state index in [2.05, 4.69) is 10.6 Å². The Morgan fingerprint density at radius 2 is 0.803 bits per heavy atom. The summed E-state index contributed by atoms with van der Waals surface area (Å²) in [5.41, 5.74) is -1.51. The summed E-state index contributed by atoms with van der Waals surface area (Å²) in [7, 11) is -4.68. The Kier molecular flexibility index (Phi) is 38.0. The quantitative estimate of drug-likeness (QED) is 0.0164. The second-order valence-electron chi connectivity index (χ2n) is 21.2. The lowest BCUT2D eigenvalue weighted by Crippen LogP contribution is -2.40. The van der Waals surface area contributed by atoms with Crippen LogP contribution < -0.4 is 10.6 Å². The van der Waals surface area contributed by atoms with Crippen molar-refractivity contribution < 1.29 is 76.4 Å². The van der Waals surface area contributed by atoms with Gasteiger partial charge in [0.2, 0.25) is 0 Å². The molecule has 0 aliphatic carbocycles. The van der Waals surface area contributed by atoms with Gasteiger partial charge in [-0.2, -0.15) is 0 Å². The highest BCUT2D eigenvalue weighted by Gasteiger charge is 2.29. The molecule has 0 heterocycles. The zero-order chi connectivity index (χ0) is 53.6. The summed E-state index contributed by atoms with van der Waals surface area (Å²) < 4.78 is 45.6. The molecule has 0 aromatic carbocycles. The van der Waals surface area contributed by atoms with Crippen molar-refractivity contribution in [2.45, 2.75) is 271 Å². The molecule has 0 aliphatic heterocycles. The summed E-state index contributed by atoms with van der Waals surface area (Å²) in [6.45, 7) is 12.2. The van der Waals surface area contributed by atoms with Crippen LogP contribution in [-0.4, -0.2) is 100 Å². The Hall–Kier alpha value is -3.47. The average Bonchev–Trinajstić information content (AvgIpc) is 3.23. The standard InChI is InChI=1S/C52H97N2O16P/c1-41(53-49(61)69-51(3,4)5)36-47(59)65-39-44(68-48(60)37-42(2)54-50(62)70-52(6,7)8)40-67-71(63,64)66-38-43(33-29-25-21-17-13-11-15-19-23-27-31-35-46(57)58)32-28-24-20-16-12-9-10-14-18-22-26-30-34-45(55)56/h41-44H,9-40H2,1-8H3,(H,53,61)(H,54,62)(H,55,56)(H,57,58)(H,63,64)/t41-,42-,43?,44?/m0/s1. The van der Waals surface area contributed by atoms with E-state index in [-0.39, 0.29) is 38.2 Å². The lowest BCUT2D eigenvalue weighted by Gasteiger charge is -2.24. The van der Waals surface area contributed by atoms with E-state index in [4.69, 9.17) is 38.2 Å². The van der Waals surface area contributed by atoms with Crippen molar-refractivity contribution in [2.24, 2.45) is 5.92 Å². The fourth-order valence-electron chi connectivity index (χ4n) is 7.72. The van der Waals surface area contributed by atoms with Gasteiger partial charge >= 0.3 is 43.9 Å². The lowest BCUT2D eigenvalue weighted by atomic mass is 9.94. The number of carbonyl (C=O) groups is 6. The maximum Gasteiger partial charge on any atom is 0.472 e. The summed E-state index contributed by atoms with van der Waals surface area (Å²) in [5, 5.41) is 22.7. The number of carboxylic acid groups (broad SMARTS) is 2. The number of amides is 2. The van der Waals surface area contributed by atoms with Gasteiger partial charge in [0.05, 0.1) is 26.1 Å². The molecule has 0 aromatic heterocycles. The lowest BCUT2D eigenvalue weighted by molar-refractivity contribution is -0.161. The van der Waals surface area contributed by atoms with Crippen LogP contribution in [0.5, 0.6) is 0 Å². The second kappa shape index (κ2) is 40.0. The molecule has 0 bridgehead atoms. The summed E-state index contributed by atoms with van der Waals surface area (Å²) in [5.74, 6) is -3.01. The third kappa shape index (κ3) is 47.3. The van der Waals surface area contributed by atoms with Crippen LogP contribution in [0.4, 0.5) is 9.59 Å². The van der Waals surface area contributed by atoms with Gasteiger partial charge in [0.1, 0.15) is 17.8 Å². The molecule has 5 atom stereocenters. The Bertz CT molecular complexity index is 1520. The van der Waals surface area contributed by atoms with Gasteiger partial charge in [-0.05, 0) is 87.0 Å². The number of nitrogens with one attached hydrogen (secondary N) is 2. The molecular formula is C52H97N2O16P. The van der Waals surface area contributed by atoms with Gasteiger partial charge in [-0.25, -0.2) is 14.2 Å². The fraction of sp³-hybridized carbons (Fsp3) is 0.885. The maximum absolute atomic E-state index is 13.3. The molecule has 0 fully saturated rings. The van der Waals surface area contributed by atoms with Crippen LogP contribution in [-0.2, 0) is 51.7 Å². The van der Waals surface area contributed by atoms with Gasteiger partial charge in [-0.15, -0.1) is 0 Å². The van der Waals surface area contributed by atoms with Gasteiger partial charge in [0.25, 0.3) is 0 Å². The predicted molar refractivity (Wildman–Crippen MR) is 273 cm³/mol. The Morgan fingerprint density at radius 3 is 1.15 bits per heavy atom. The molecule has 0 rings (SSSR count). The largest absolute Gasteiger partial charge is 0.481 e. The van der Waals surface area contributed by atoms with Crippen molar-refractivity contribution in [3.8, 4) is 0 Å². The number of hydrogen-bond acceptors (Lipinski definition) is 13. The van der Waals surface area contributed by atoms with Crippen molar-refractivity contribution in [3.63, 3.8) is 0 Å². The zero-order valence-electron chi connectivity index (χ0n) is 45.0. The number of ether oxygens (including phenoxy) is 4. The summed E-state index contributed by atoms with van der Waals surface area (Å²) in [6, 6.07) is -1.38. The molecule has 0 saturated heterocycles. The van der Waals surface area contributed by atoms with Crippen LogP contribution in [0.15, 0.2) is 0 Å². The molecule has 0 radical (unpaired) electrons. The van der Waals surface area contributed by atoms with Crippen molar-refractivity contribution >= 4 is 43.9 Å². The smallest absolute Gasteiger partial charge is 0.472 e. The summed E-state index contributed by atoms with van der Waals surface area (Å²) >= 11 is 0. The second-order valence-corrected chi connectivity index (χ2v) is 22.7. The van der Waals surface area contributed by atoms with E-state index in [0.717, 1.165) is 135 Å². The van der Waals surface area contributed by atoms with E-state index in [1.165, 1.54) is 25.7 Å².